The first kappa shape index (κ1) is 28.2. The number of carboxylic acids is 1. The van der Waals surface area contributed by atoms with E-state index < -0.39 is 54.0 Å². The fraction of sp³-hybridized carbons (Fsp3) is 0.524. The van der Waals surface area contributed by atoms with Crippen molar-refractivity contribution in [2.75, 3.05) is 12.0 Å². The highest BCUT2D eigenvalue weighted by Crippen LogP contribution is 2.12. The summed E-state index contributed by atoms with van der Waals surface area (Å²) in [7, 11) is 0. The second-order valence-electron chi connectivity index (χ2n) is 7.63. The van der Waals surface area contributed by atoms with Crippen LogP contribution in [0.25, 0.3) is 0 Å². The number of aliphatic carboxylic acids is 1. The van der Waals surface area contributed by atoms with Gasteiger partial charge in [-0.15, -0.1) is 0 Å². The Morgan fingerprint density at radius 3 is 2.03 bits per heavy atom. The molecule has 0 radical (unpaired) electrons. The number of hydrogen-bond donors (Lipinski definition) is 7. The summed E-state index contributed by atoms with van der Waals surface area (Å²) in [6.07, 6.45) is 0.632. The van der Waals surface area contributed by atoms with E-state index in [4.69, 9.17) is 5.73 Å². The van der Waals surface area contributed by atoms with Crippen LogP contribution in [0, 0.1) is 0 Å². The molecule has 5 unspecified atom stereocenters. The van der Waals surface area contributed by atoms with Crippen molar-refractivity contribution >= 4 is 35.5 Å². The van der Waals surface area contributed by atoms with Crippen LogP contribution in [0.4, 0.5) is 0 Å². The van der Waals surface area contributed by atoms with E-state index in [0.29, 0.717) is 11.3 Å². The predicted octanol–water partition coefficient (Wildman–Crippen LogP) is -1.05. The number of nitrogens with two attached hydrogens (primary N) is 1. The van der Waals surface area contributed by atoms with Crippen LogP contribution in [0.3, 0.4) is 0 Å². The van der Waals surface area contributed by atoms with E-state index in [1.54, 1.807) is 18.4 Å². The maximum Gasteiger partial charge on any atom is 0.326 e. The Kier molecular flexibility index (Phi) is 11.7. The van der Waals surface area contributed by atoms with E-state index >= 15 is 0 Å². The number of thioether (sulfide) groups is 1. The van der Waals surface area contributed by atoms with Gasteiger partial charge in [-0.25, -0.2) is 4.79 Å². The highest BCUT2D eigenvalue weighted by atomic mass is 32.2. The van der Waals surface area contributed by atoms with Gasteiger partial charge in [-0.3, -0.25) is 14.4 Å². The lowest BCUT2D eigenvalue weighted by Crippen LogP contribution is -2.60. The maximum atomic E-state index is 13.0. The molecule has 0 heterocycles. The molecule has 8 N–H and O–H groups in total. The Balaban J connectivity index is 3.02. The summed E-state index contributed by atoms with van der Waals surface area (Å²) in [4.78, 5) is 49.2. The Labute approximate surface area is 196 Å². The van der Waals surface area contributed by atoms with E-state index in [1.165, 1.54) is 37.7 Å². The van der Waals surface area contributed by atoms with E-state index in [-0.39, 0.29) is 18.6 Å². The number of benzene rings is 1. The summed E-state index contributed by atoms with van der Waals surface area (Å²) >= 11 is 1.41. The molecule has 33 heavy (non-hydrogen) atoms. The third kappa shape index (κ3) is 9.68. The third-order valence-electron chi connectivity index (χ3n) is 4.71. The van der Waals surface area contributed by atoms with Crippen LogP contribution in [0.2, 0.25) is 0 Å². The van der Waals surface area contributed by atoms with Gasteiger partial charge < -0.3 is 37.0 Å². The molecule has 0 saturated heterocycles. The molecule has 1 aromatic rings. The molecule has 11 nitrogen and oxygen atoms in total. The minimum atomic E-state index is -1.46. The van der Waals surface area contributed by atoms with Crippen molar-refractivity contribution < 1.29 is 34.5 Å². The molecule has 0 aliphatic heterocycles. The molecule has 1 rings (SSSR count). The molecular weight excluding hydrogens is 452 g/mol. The Morgan fingerprint density at radius 2 is 1.55 bits per heavy atom. The fourth-order valence-corrected chi connectivity index (χ4v) is 3.27. The van der Waals surface area contributed by atoms with Crippen LogP contribution in [0.5, 0.6) is 5.75 Å². The Hall–Kier alpha value is -2.83. The summed E-state index contributed by atoms with van der Waals surface area (Å²) in [5.41, 5.74) is 6.19. The normalized spacial score (nSPS) is 15.4. The first-order chi connectivity index (χ1) is 15.5. The molecule has 0 aromatic heterocycles. The van der Waals surface area contributed by atoms with Crippen LogP contribution in [0.1, 0.15) is 25.8 Å². The van der Waals surface area contributed by atoms with Gasteiger partial charge in [-0.1, -0.05) is 12.1 Å². The first-order valence-electron chi connectivity index (χ1n) is 10.3. The Morgan fingerprint density at radius 1 is 0.970 bits per heavy atom. The number of aliphatic hydroxyl groups is 1. The van der Waals surface area contributed by atoms with Crippen molar-refractivity contribution in [3.05, 3.63) is 29.8 Å². The van der Waals surface area contributed by atoms with Gasteiger partial charge in [0.05, 0.1) is 12.1 Å². The first-order valence-corrected chi connectivity index (χ1v) is 11.7. The van der Waals surface area contributed by atoms with Crippen LogP contribution in [0.15, 0.2) is 24.3 Å². The van der Waals surface area contributed by atoms with E-state index in [0.717, 1.165) is 0 Å². The zero-order valence-electron chi connectivity index (χ0n) is 18.8. The molecule has 0 fully saturated rings. The smallest absolute Gasteiger partial charge is 0.326 e. The number of amides is 3. The average Bonchev–Trinajstić information content (AvgIpc) is 2.74. The largest absolute Gasteiger partial charge is 0.508 e. The predicted molar refractivity (Wildman–Crippen MR) is 124 cm³/mol. The molecule has 1 aromatic carbocycles. The number of carbonyl (C=O) groups excluding carboxylic acids is 3. The number of hydrogen-bond acceptors (Lipinski definition) is 8. The lowest BCUT2D eigenvalue weighted by Gasteiger charge is -2.26. The standard InChI is InChI=1S/C21H32N4O7S/c1-11(22)18(28)24-16(10-13-4-6-14(27)7-5-13)19(29)25-17(12(2)26)20(30)23-15(21(31)32)8-9-33-3/h4-7,11-12,15-17,26-27H,8-10,22H2,1-3H3,(H,23,30)(H,24,28)(H,25,29)(H,31,32). The van der Waals surface area contributed by atoms with E-state index in [1.807, 2.05) is 0 Å². The molecule has 0 bridgehead atoms. The number of rotatable bonds is 13. The van der Waals surface area contributed by atoms with Gasteiger partial charge >= 0.3 is 5.97 Å². The summed E-state index contributed by atoms with van der Waals surface area (Å²) in [6, 6.07) is 1.29. The number of nitrogens with one attached hydrogen (secondary N) is 3. The van der Waals surface area contributed by atoms with Crippen molar-refractivity contribution in [1.29, 1.82) is 0 Å². The van der Waals surface area contributed by atoms with Gasteiger partial charge in [0.25, 0.3) is 0 Å². The molecular formula is C21H32N4O7S. The topological polar surface area (TPSA) is 191 Å². The van der Waals surface area contributed by atoms with Crippen LogP contribution >= 0.6 is 11.8 Å². The van der Waals surface area contributed by atoms with Crippen molar-refractivity contribution in [2.24, 2.45) is 5.73 Å². The fourth-order valence-electron chi connectivity index (χ4n) is 2.79. The van der Waals surface area contributed by atoms with Gasteiger partial charge in [-0.05, 0) is 50.0 Å². The van der Waals surface area contributed by atoms with Crippen LogP contribution in [-0.2, 0) is 25.6 Å². The molecule has 0 aliphatic rings. The monoisotopic (exact) mass is 484 g/mol. The minimum absolute atomic E-state index is 0.0181. The van der Waals surface area contributed by atoms with Gasteiger partial charge in [0.15, 0.2) is 0 Å². The van der Waals surface area contributed by atoms with Gasteiger partial charge in [0.1, 0.15) is 23.9 Å². The highest BCUT2D eigenvalue weighted by Gasteiger charge is 2.32. The van der Waals surface area contributed by atoms with Gasteiger partial charge in [-0.2, -0.15) is 11.8 Å². The Bertz CT molecular complexity index is 817. The quantitative estimate of drug-likeness (QED) is 0.183. The summed E-state index contributed by atoms with van der Waals surface area (Å²) in [5, 5.41) is 36.1. The molecule has 0 spiro atoms. The number of carboxylic acid groups (broad SMARTS) is 1. The number of carbonyl (C=O) groups is 4. The highest BCUT2D eigenvalue weighted by molar-refractivity contribution is 7.98. The molecule has 0 aliphatic carbocycles. The van der Waals surface area contributed by atoms with Gasteiger partial charge in [0, 0.05) is 6.42 Å². The number of aliphatic hydroxyl groups excluding tert-OH is 1. The van der Waals surface area contributed by atoms with Crippen LogP contribution < -0.4 is 21.7 Å². The lowest BCUT2D eigenvalue weighted by atomic mass is 10.0. The molecule has 3 amide bonds. The van der Waals surface area contributed by atoms with E-state index in [2.05, 4.69) is 16.0 Å². The van der Waals surface area contributed by atoms with Crippen molar-refractivity contribution in [1.82, 2.24) is 16.0 Å². The number of phenolic OH excluding ortho intramolecular Hbond substituents is 1. The lowest BCUT2D eigenvalue weighted by molar-refractivity contribution is -0.143. The number of aromatic hydroxyl groups is 1. The van der Waals surface area contributed by atoms with Crippen molar-refractivity contribution in [3.63, 3.8) is 0 Å². The van der Waals surface area contributed by atoms with Crippen molar-refractivity contribution in [2.45, 2.75) is 57.0 Å². The maximum absolute atomic E-state index is 13.0. The van der Waals surface area contributed by atoms with Crippen LogP contribution in [-0.4, -0.2) is 81.3 Å². The SMILES string of the molecule is CSCCC(NC(=O)C(NC(=O)C(Cc1ccc(O)cc1)NC(=O)C(C)N)C(C)O)C(=O)O. The average molecular weight is 485 g/mol. The third-order valence-corrected chi connectivity index (χ3v) is 5.35. The molecule has 0 saturated carbocycles. The summed E-state index contributed by atoms with van der Waals surface area (Å²) in [6.45, 7) is 2.72. The molecule has 5 atom stereocenters. The molecule has 184 valence electrons. The number of phenols is 1. The zero-order chi connectivity index (χ0) is 25.1. The zero-order valence-corrected chi connectivity index (χ0v) is 19.6. The molecule has 12 heteroatoms. The minimum Gasteiger partial charge on any atom is -0.508 e. The second-order valence-corrected chi connectivity index (χ2v) is 8.61. The summed E-state index contributed by atoms with van der Waals surface area (Å²) in [5.74, 6) is -2.96. The van der Waals surface area contributed by atoms with Gasteiger partial charge in [0.2, 0.25) is 17.7 Å². The van der Waals surface area contributed by atoms with E-state index in [9.17, 15) is 34.5 Å². The second kappa shape index (κ2) is 13.7. The van der Waals surface area contributed by atoms with Crippen molar-refractivity contribution in [3.8, 4) is 5.75 Å². The summed E-state index contributed by atoms with van der Waals surface area (Å²) < 4.78 is 0.